The number of amides is 1. The fourth-order valence-corrected chi connectivity index (χ4v) is 4.89. The average molecular weight is 468 g/mol. The maximum Gasteiger partial charge on any atom is 0.225 e. The molecule has 1 N–H and O–H groups in total. The zero-order chi connectivity index (χ0) is 24.4. The van der Waals surface area contributed by atoms with E-state index in [1.807, 2.05) is 30.3 Å². The molecule has 0 saturated heterocycles. The van der Waals surface area contributed by atoms with Gasteiger partial charge in [-0.15, -0.1) is 0 Å². The van der Waals surface area contributed by atoms with Gasteiger partial charge in [-0.1, -0.05) is 6.07 Å². The van der Waals surface area contributed by atoms with E-state index in [0.29, 0.717) is 52.9 Å². The maximum atomic E-state index is 13.5. The monoisotopic (exact) mass is 467 g/mol. The molecule has 1 aliphatic heterocycles. The van der Waals surface area contributed by atoms with Crippen molar-refractivity contribution < 1.29 is 33.3 Å². The number of carbonyl (C=O) groups is 2. The standard InChI is InChI=1S/C26H29NO7/c1-30-20-7-6-14(10-21(20)31-2)15-8-18-25(19(28)9-15)17(13-24(29)27-18)16-11-22(32-3)26(34-5)23(12-16)33-4/h6-7,10-12,15,17H,8-9,13H2,1-5H3,(H,27,29). The first-order chi connectivity index (χ1) is 16.4. The number of ether oxygens (including phenoxy) is 5. The van der Waals surface area contributed by atoms with Gasteiger partial charge < -0.3 is 29.0 Å². The first-order valence-electron chi connectivity index (χ1n) is 11.0. The summed E-state index contributed by atoms with van der Waals surface area (Å²) in [7, 11) is 7.78. The lowest BCUT2D eigenvalue weighted by Crippen LogP contribution is -2.38. The number of carbonyl (C=O) groups excluding carboxylic acids is 2. The summed E-state index contributed by atoms with van der Waals surface area (Å²) in [4.78, 5) is 26.1. The highest BCUT2D eigenvalue weighted by Crippen LogP contribution is 2.47. The van der Waals surface area contributed by atoms with Crippen molar-refractivity contribution in [2.24, 2.45) is 0 Å². The molecule has 4 rings (SSSR count). The predicted octanol–water partition coefficient (Wildman–Crippen LogP) is 3.73. The van der Waals surface area contributed by atoms with Gasteiger partial charge in [0.05, 0.1) is 35.5 Å². The highest BCUT2D eigenvalue weighted by molar-refractivity contribution is 6.02. The van der Waals surface area contributed by atoms with E-state index < -0.39 is 5.92 Å². The Morgan fingerprint density at radius 1 is 0.706 bits per heavy atom. The van der Waals surface area contributed by atoms with Gasteiger partial charge in [-0.2, -0.15) is 0 Å². The van der Waals surface area contributed by atoms with Gasteiger partial charge in [0, 0.05) is 30.0 Å². The highest BCUT2D eigenvalue weighted by atomic mass is 16.5. The summed E-state index contributed by atoms with van der Waals surface area (Å²) in [6.07, 6.45) is 1.05. The fraction of sp³-hybridized carbons (Fsp3) is 0.385. The molecular weight excluding hydrogens is 438 g/mol. The van der Waals surface area contributed by atoms with Crippen molar-refractivity contribution in [3.63, 3.8) is 0 Å². The van der Waals surface area contributed by atoms with Gasteiger partial charge in [-0.25, -0.2) is 0 Å². The minimum absolute atomic E-state index is 0.0137. The van der Waals surface area contributed by atoms with Crippen molar-refractivity contribution in [2.45, 2.75) is 31.1 Å². The summed E-state index contributed by atoms with van der Waals surface area (Å²) in [5.74, 6) is 2.08. The number of methoxy groups -OCH3 is 5. The van der Waals surface area contributed by atoms with Crippen molar-refractivity contribution in [3.8, 4) is 28.7 Å². The molecule has 180 valence electrons. The number of nitrogens with one attached hydrogen (secondary N) is 1. The molecule has 8 nitrogen and oxygen atoms in total. The lowest BCUT2D eigenvalue weighted by Gasteiger charge is -2.35. The Hall–Kier alpha value is -3.68. The zero-order valence-electron chi connectivity index (χ0n) is 20.0. The van der Waals surface area contributed by atoms with E-state index in [9.17, 15) is 9.59 Å². The molecule has 2 unspecified atom stereocenters. The van der Waals surface area contributed by atoms with Crippen LogP contribution in [-0.4, -0.2) is 47.2 Å². The van der Waals surface area contributed by atoms with Gasteiger partial charge in [0.2, 0.25) is 11.7 Å². The molecule has 0 fully saturated rings. The minimum Gasteiger partial charge on any atom is -0.493 e. The average Bonchev–Trinajstić information content (AvgIpc) is 2.86. The summed E-state index contributed by atoms with van der Waals surface area (Å²) in [6, 6.07) is 9.28. The topological polar surface area (TPSA) is 92.3 Å². The Morgan fingerprint density at radius 2 is 1.32 bits per heavy atom. The largest absolute Gasteiger partial charge is 0.493 e. The van der Waals surface area contributed by atoms with Crippen molar-refractivity contribution in [3.05, 3.63) is 52.7 Å². The summed E-state index contributed by atoms with van der Waals surface area (Å²) in [5.41, 5.74) is 3.05. The van der Waals surface area contributed by atoms with Gasteiger partial charge >= 0.3 is 0 Å². The Balaban J connectivity index is 1.73. The zero-order valence-corrected chi connectivity index (χ0v) is 20.0. The summed E-state index contributed by atoms with van der Waals surface area (Å²) < 4.78 is 27.2. The normalized spacial score (nSPS) is 19.8. The van der Waals surface area contributed by atoms with Gasteiger partial charge in [-0.05, 0) is 47.7 Å². The van der Waals surface area contributed by atoms with E-state index >= 15 is 0 Å². The van der Waals surface area contributed by atoms with Crippen LogP contribution in [0.4, 0.5) is 0 Å². The number of hydrogen-bond acceptors (Lipinski definition) is 7. The molecule has 0 spiro atoms. The SMILES string of the molecule is COc1ccc(C2CC(=O)C3=C(C2)NC(=O)CC3c2cc(OC)c(OC)c(OC)c2)cc1OC. The first kappa shape index (κ1) is 23.5. The van der Waals surface area contributed by atoms with Crippen LogP contribution in [0.3, 0.4) is 0 Å². The molecule has 2 aromatic rings. The van der Waals surface area contributed by atoms with Crippen LogP contribution < -0.4 is 29.0 Å². The molecule has 1 heterocycles. The van der Waals surface area contributed by atoms with Crippen molar-refractivity contribution >= 4 is 11.7 Å². The van der Waals surface area contributed by atoms with Gasteiger partial charge in [0.15, 0.2) is 28.8 Å². The van der Waals surface area contributed by atoms with Crippen LogP contribution in [0.2, 0.25) is 0 Å². The molecule has 0 radical (unpaired) electrons. The molecular formula is C26H29NO7. The quantitative estimate of drug-likeness (QED) is 0.663. The number of rotatable bonds is 7. The molecule has 8 heteroatoms. The van der Waals surface area contributed by atoms with Crippen LogP contribution in [0.5, 0.6) is 28.7 Å². The van der Waals surface area contributed by atoms with Crippen molar-refractivity contribution in [1.82, 2.24) is 5.32 Å². The lowest BCUT2D eigenvalue weighted by molar-refractivity contribution is -0.122. The Labute approximate surface area is 198 Å². The Morgan fingerprint density at radius 3 is 1.91 bits per heavy atom. The predicted molar refractivity (Wildman–Crippen MR) is 125 cm³/mol. The molecule has 0 bridgehead atoms. The molecule has 1 amide bonds. The van der Waals surface area contributed by atoms with E-state index in [2.05, 4.69) is 5.32 Å². The molecule has 34 heavy (non-hydrogen) atoms. The van der Waals surface area contributed by atoms with Crippen LogP contribution >= 0.6 is 0 Å². The molecule has 2 aliphatic rings. The van der Waals surface area contributed by atoms with Crippen LogP contribution in [0.15, 0.2) is 41.6 Å². The van der Waals surface area contributed by atoms with Crippen molar-refractivity contribution in [2.75, 3.05) is 35.5 Å². The molecule has 0 saturated carbocycles. The summed E-state index contributed by atoms with van der Waals surface area (Å²) in [6.45, 7) is 0. The van der Waals surface area contributed by atoms with Gasteiger partial charge in [-0.3, -0.25) is 9.59 Å². The number of Topliss-reactive ketones (excluding diaryl/α,β-unsaturated/α-hetero) is 1. The fourth-order valence-electron chi connectivity index (χ4n) is 4.89. The molecule has 0 aromatic heterocycles. The van der Waals surface area contributed by atoms with E-state index in [4.69, 9.17) is 23.7 Å². The molecule has 2 aromatic carbocycles. The van der Waals surface area contributed by atoms with Crippen molar-refractivity contribution in [1.29, 1.82) is 0 Å². The highest BCUT2D eigenvalue weighted by Gasteiger charge is 2.39. The minimum atomic E-state index is -0.392. The van der Waals surface area contributed by atoms with Crippen LogP contribution in [0, 0.1) is 0 Å². The second-order valence-corrected chi connectivity index (χ2v) is 8.30. The van der Waals surface area contributed by atoms with E-state index in [1.165, 1.54) is 7.11 Å². The third kappa shape index (κ3) is 4.16. The van der Waals surface area contributed by atoms with E-state index in [1.54, 1.807) is 28.4 Å². The Kier molecular flexibility index (Phi) is 6.68. The maximum absolute atomic E-state index is 13.5. The summed E-state index contributed by atoms with van der Waals surface area (Å²) in [5, 5.41) is 2.96. The third-order valence-corrected chi connectivity index (χ3v) is 6.50. The van der Waals surface area contributed by atoms with Crippen LogP contribution in [-0.2, 0) is 9.59 Å². The number of allylic oxidation sites excluding steroid dienone is 2. The number of benzene rings is 2. The molecule has 2 atom stereocenters. The first-order valence-corrected chi connectivity index (χ1v) is 11.0. The smallest absolute Gasteiger partial charge is 0.225 e. The lowest BCUT2D eigenvalue weighted by atomic mass is 9.73. The van der Waals surface area contributed by atoms with E-state index in [-0.39, 0.29) is 24.0 Å². The van der Waals surface area contributed by atoms with E-state index in [0.717, 1.165) is 11.1 Å². The third-order valence-electron chi connectivity index (χ3n) is 6.50. The van der Waals surface area contributed by atoms with Gasteiger partial charge in [0.1, 0.15) is 0 Å². The second-order valence-electron chi connectivity index (χ2n) is 8.30. The Bertz CT molecular complexity index is 1130. The number of hydrogen-bond donors (Lipinski definition) is 1. The number of ketones is 1. The van der Waals surface area contributed by atoms with Crippen LogP contribution in [0.25, 0.3) is 0 Å². The second kappa shape index (κ2) is 9.67. The van der Waals surface area contributed by atoms with Gasteiger partial charge in [0.25, 0.3) is 0 Å². The summed E-state index contributed by atoms with van der Waals surface area (Å²) >= 11 is 0. The molecule has 1 aliphatic carbocycles. The van der Waals surface area contributed by atoms with Crippen LogP contribution in [0.1, 0.15) is 42.2 Å².